The van der Waals surface area contributed by atoms with Crippen LogP contribution in [0, 0.1) is 0 Å². The predicted octanol–water partition coefficient (Wildman–Crippen LogP) is 3.91. The van der Waals surface area contributed by atoms with Gasteiger partial charge in [0.25, 0.3) is 0 Å². The van der Waals surface area contributed by atoms with Gasteiger partial charge in [0.15, 0.2) is 0 Å². The first-order chi connectivity index (χ1) is 16.7. The fourth-order valence-corrected chi connectivity index (χ4v) is 5.20. The Morgan fingerprint density at radius 1 is 0.971 bits per heavy atom. The minimum atomic E-state index is -3.95. The third-order valence-electron chi connectivity index (χ3n) is 5.44. The quantitative estimate of drug-likeness (QED) is 0.433. The van der Waals surface area contributed by atoms with Gasteiger partial charge in [-0.2, -0.15) is 4.31 Å². The number of hydrogen-bond acceptors (Lipinski definition) is 5. The van der Waals surface area contributed by atoms with Crippen molar-refractivity contribution in [2.24, 2.45) is 0 Å². The van der Waals surface area contributed by atoms with E-state index in [0.717, 1.165) is 5.56 Å². The molecule has 0 atom stereocenters. The average molecular weight is 498 g/mol. The molecule has 186 valence electrons. The molecule has 0 unspecified atom stereocenters. The lowest BCUT2D eigenvalue weighted by molar-refractivity contribution is -0.132. The Bertz CT molecular complexity index is 1210. The highest BCUT2D eigenvalue weighted by Crippen LogP contribution is 2.21. The van der Waals surface area contributed by atoms with Crippen molar-refractivity contribution in [3.05, 3.63) is 84.3 Å². The molecule has 1 heterocycles. The Kier molecular flexibility index (Phi) is 8.84. The Hall–Kier alpha value is -3.43. The molecule has 2 aromatic carbocycles. The fourth-order valence-electron chi connectivity index (χ4n) is 3.62. The fraction of sp³-hybridized carbons (Fsp3) is 0.308. The van der Waals surface area contributed by atoms with E-state index in [1.54, 1.807) is 37.1 Å². The summed E-state index contributed by atoms with van der Waals surface area (Å²) in [6.07, 6.45) is 2.18. The van der Waals surface area contributed by atoms with E-state index < -0.39 is 16.1 Å². The molecule has 3 rings (SSSR count). The Labute approximate surface area is 206 Å². The van der Waals surface area contributed by atoms with Crippen LogP contribution < -0.4 is 5.32 Å². The van der Waals surface area contributed by atoms with Gasteiger partial charge in [-0.15, -0.1) is 0 Å². The normalized spacial score (nSPS) is 11.6. The van der Waals surface area contributed by atoms with Crippen molar-refractivity contribution in [3.63, 3.8) is 0 Å². The number of rotatable bonds is 11. The lowest BCUT2D eigenvalue weighted by Gasteiger charge is -2.29. The molecule has 8 nitrogen and oxygen atoms in total. The van der Waals surface area contributed by atoms with E-state index in [2.05, 4.69) is 5.32 Å². The topological polar surface area (TPSA) is 99.9 Å². The summed E-state index contributed by atoms with van der Waals surface area (Å²) < 4.78 is 33.5. The molecule has 0 bridgehead atoms. The van der Waals surface area contributed by atoms with Crippen LogP contribution in [0.15, 0.2) is 82.3 Å². The van der Waals surface area contributed by atoms with Crippen molar-refractivity contribution < 1.29 is 22.4 Å². The van der Waals surface area contributed by atoms with Crippen molar-refractivity contribution in [1.29, 1.82) is 0 Å². The number of nitrogens with zero attached hydrogens (tertiary/aromatic N) is 2. The molecule has 35 heavy (non-hydrogen) atoms. The molecule has 1 aromatic heterocycles. The second kappa shape index (κ2) is 11.8. The van der Waals surface area contributed by atoms with Crippen molar-refractivity contribution in [1.82, 2.24) is 9.21 Å². The van der Waals surface area contributed by atoms with Gasteiger partial charge in [-0.25, -0.2) is 8.42 Å². The minimum absolute atomic E-state index is 0.0509. The van der Waals surface area contributed by atoms with Gasteiger partial charge >= 0.3 is 0 Å². The highest BCUT2D eigenvalue weighted by atomic mass is 32.2. The Balaban J connectivity index is 1.79. The molecule has 0 aliphatic carbocycles. The number of amides is 2. The maximum absolute atomic E-state index is 13.4. The van der Waals surface area contributed by atoms with Gasteiger partial charge in [-0.1, -0.05) is 30.3 Å². The van der Waals surface area contributed by atoms with Crippen molar-refractivity contribution in [3.8, 4) is 0 Å². The largest absolute Gasteiger partial charge is 0.467 e. The monoisotopic (exact) mass is 497 g/mol. The summed E-state index contributed by atoms with van der Waals surface area (Å²) in [6.45, 7) is 5.21. The van der Waals surface area contributed by atoms with Crippen LogP contribution in [0.4, 0.5) is 5.69 Å². The molecule has 0 radical (unpaired) electrons. The maximum Gasteiger partial charge on any atom is 0.243 e. The summed E-state index contributed by atoms with van der Waals surface area (Å²) in [5, 5.41) is 2.61. The molecule has 2 amide bonds. The van der Waals surface area contributed by atoms with Crippen molar-refractivity contribution in [2.45, 2.75) is 44.7 Å². The molecule has 0 aliphatic heterocycles. The highest BCUT2D eigenvalue weighted by Gasteiger charge is 2.31. The number of carbonyl (C=O) groups is 2. The number of benzene rings is 2. The number of furan rings is 1. The average Bonchev–Trinajstić information content (AvgIpc) is 3.33. The first-order valence-corrected chi connectivity index (χ1v) is 12.8. The van der Waals surface area contributed by atoms with Gasteiger partial charge < -0.3 is 14.6 Å². The zero-order chi connectivity index (χ0) is 25.4. The van der Waals surface area contributed by atoms with Crippen LogP contribution in [0.5, 0.6) is 0 Å². The first kappa shape index (κ1) is 26.2. The molecule has 0 aliphatic rings. The van der Waals surface area contributed by atoms with Crippen LogP contribution in [0.3, 0.4) is 0 Å². The van der Waals surface area contributed by atoms with E-state index in [1.807, 2.05) is 30.3 Å². The van der Waals surface area contributed by atoms with E-state index in [4.69, 9.17) is 4.42 Å². The molecule has 1 N–H and O–H groups in total. The van der Waals surface area contributed by atoms with Crippen LogP contribution in [0.2, 0.25) is 0 Å². The van der Waals surface area contributed by atoms with Gasteiger partial charge in [0.1, 0.15) is 5.76 Å². The third kappa shape index (κ3) is 7.27. The van der Waals surface area contributed by atoms with Crippen LogP contribution >= 0.6 is 0 Å². The number of hydrogen-bond donors (Lipinski definition) is 1. The lowest BCUT2D eigenvalue weighted by Crippen LogP contribution is -2.46. The molecule has 0 spiro atoms. The second-order valence-electron chi connectivity index (χ2n) is 8.48. The summed E-state index contributed by atoms with van der Waals surface area (Å²) in [7, 11) is -3.95. The van der Waals surface area contributed by atoms with E-state index >= 15 is 0 Å². The standard InChI is InChI=1S/C26H31N3O5S/c1-20(2)29(35(32,33)25-13-11-23(12-14-25)27-21(3)30)19-26(31)28(18-24-10-7-17-34-24)16-15-22-8-5-4-6-9-22/h4-14,17,20H,15-16,18-19H2,1-3H3,(H,27,30). The van der Waals surface area contributed by atoms with E-state index in [-0.39, 0.29) is 29.8 Å². The summed E-state index contributed by atoms with van der Waals surface area (Å²) in [6, 6.07) is 18.8. The smallest absolute Gasteiger partial charge is 0.243 e. The zero-order valence-corrected chi connectivity index (χ0v) is 21.0. The number of nitrogens with one attached hydrogen (secondary N) is 1. The molecule has 0 saturated heterocycles. The molecule has 9 heteroatoms. The maximum atomic E-state index is 13.4. The van der Waals surface area contributed by atoms with Gasteiger partial charge in [-0.05, 0) is 62.2 Å². The van der Waals surface area contributed by atoms with Crippen LogP contribution in [-0.2, 0) is 32.6 Å². The molecular formula is C26H31N3O5S. The number of sulfonamides is 1. The van der Waals surface area contributed by atoms with Crippen LogP contribution in [-0.4, -0.2) is 48.6 Å². The summed E-state index contributed by atoms with van der Waals surface area (Å²) in [5.41, 5.74) is 1.58. The minimum Gasteiger partial charge on any atom is -0.467 e. The van der Waals surface area contributed by atoms with E-state index in [1.165, 1.54) is 35.5 Å². The zero-order valence-electron chi connectivity index (χ0n) is 20.2. The van der Waals surface area contributed by atoms with Crippen molar-refractivity contribution >= 4 is 27.5 Å². The first-order valence-electron chi connectivity index (χ1n) is 11.4. The van der Waals surface area contributed by atoms with E-state index in [9.17, 15) is 18.0 Å². The summed E-state index contributed by atoms with van der Waals surface area (Å²) >= 11 is 0. The third-order valence-corrected chi connectivity index (χ3v) is 7.48. The number of anilines is 1. The SMILES string of the molecule is CC(=O)Nc1ccc(S(=O)(=O)N(CC(=O)N(CCc2ccccc2)Cc2ccco2)C(C)C)cc1. The van der Waals surface area contributed by atoms with Gasteiger partial charge in [0.2, 0.25) is 21.8 Å². The Morgan fingerprint density at radius 2 is 1.66 bits per heavy atom. The van der Waals surface area contributed by atoms with Crippen molar-refractivity contribution in [2.75, 3.05) is 18.4 Å². The Morgan fingerprint density at radius 3 is 2.23 bits per heavy atom. The lowest BCUT2D eigenvalue weighted by atomic mass is 10.1. The summed E-state index contributed by atoms with van der Waals surface area (Å²) in [4.78, 5) is 26.3. The highest BCUT2D eigenvalue weighted by molar-refractivity contribution is 7.89. The van der Waals surface area contributed by atoms with Gasteiger partial charge in [-0.3, -0.25) is 9.59 Å². The predicted molar refractivity (Wildman–Crippen MR) is 134 cm³/mol. The summed E-state index contributed by atoms with van der Waals surface area (Å²) in [5.74, 6) is 0.0607. The molecule has 0 saturated carbocycles. The molecule has 3 aromatic rings. The van der Waals surface area contributed by atoms with Gasteiger partial charge in [0.05, 0.1) is 24.2 Å². The number of carbonyl (C=O) groups excluding carboxylic acids is 2. The van der Waals surface area contributed by atoms with Crippen LogP contribution in [0.25, 0.3) is 0 Å². The second-order valence-corrected chi connectivity index (χ2v) is 10.4. The van der Waals surface area contributed by atoms with Gasteiger partial charge in [0, 0.05) is 25.2 Å². The van der Waals surface area contributed by atoms with E-state index in [0.29, 0.717) is 24.4 Å². The van der Waals surface area contributed by atoms with Crippen LogP contribution in [0.1, 0.15) is 32.1 Å². The molecular weight excluding hydrogens is 466 g/mol. The molecule has 0 fully saturated rings.